The number of sulfonamides is 1. The van der Waals surface area contributed by atoms with Crippen LogP contribution in [0.25, 0.3) is 0 Å². The van der Waals surface area contributed by atoms with Gasteiger partial charge in [0.15, 0.2) is 0 Å². The minimum Gasteiger partial charge on any atom is -0.313 e. The second-order valence-corrected chi connectivity index (χ2v) is 7.72. The molecule has 0 saturated heterocycles. The monoisotopic (exact) mass is 304 g/mol. The first-order valence-electron chi connectivity index (χ1n) is 6.77. The van der Waals surface area contributed by atoms with Crippen LogP contribution in [-0.2, 0) is 16.6 Å². The molecule has 0 fully saturated rings. The molecule has 0 bridgehead atoms. The maximum absolute atomic E-state index is 12.1. The van der Waals surface area contributed by atoms with E-state index in [1.165, 1.54) is 11.3 Å². The van der Waals surface area contributed by atoms with Gasteiger partial charge in [0.1, 0.15) is 4.21 Å². The van der Waals surface area contributed by atoms with Gasteiger partial charge < -0.3 is 5.32 Å². The van der Waals surface area contributed by atoms with Crippen LogP contribution in [0.5, 0.6) is 0 Å². The molecule has 0 amide bonds. The summed E-state index contributed by atoms with van der Waals surface area (Å²) in [7, 11) is -3.33. The van der Waals surface area contributed by atoms with Gasteiger partial charge in [0.05, 0.1) is 0 Å². The lowest BCUT2D eigenvalue weighted by molar-refractivity contribution is 0.529. The van der Waals surface area contributed by atoms with E-state index >= 15 is 0 Å². The van der Waals surface area contributed by atoms with Gasteiger partial charge in [-0.15, -0.1) is 11.3 Å². The number of rotatable bonds is 9. The van der Waals surface area contributed by atoms with Gasteiger partial charge in [0.25, 0.3) is 0 Å². The van der Waals surface area contributed by atoms with Gasteiger partial charge in [-0.3, -0.25) is 0 Å². The fourth-order valence-corrected chi connectivity index (χ4v) is 3.88. The molecule has 4 nitrogen and oxygen atoms in total. The zero-order valence-electron chi connectivity index (χ0n) is 11.9. The topological polar surface area (TPSA) is 58.2 Å². The smallest absolute Gasteiger partial charge is 0.250 e. The summed E-state index contributed by atoms with van der Waals surface area (Å²) in [4.78, 5) is 0. The molecule has 0 aliphatic heterocycles. The largest absolute Gasteiger partial charge is 0.313 e. The molecule has 0 aromatic carbocycles. The van der Waals surface area contributed by atoms with Crippen molar-refractivity contribution < 1.29 is 8.42 Å². The van der Waals surface area contributed by atoms with Crippen LogP contribution in [0, 0.1) is 5.92 Å². The summed E-state index contributed by atoms with van der Waals surface area (Å²) in [6.07, 6.45) is 2.05. The Hall–Kier alpha value is -0.430. The van der Waals surface area contributed by atoms with Crippen LogP contribution in [0.15, 0.2) is 15.7 Å². The highest BCUT2D eigenvalue weighted by molar-refractivity contribution is 7.91. The molecule has 6 heteroatoms. The maximum atomic E-state index is 12.1. The SMILES string of the molecule is CCCNCc1csc(S(=O)(=O)NCC(C)CC)c1. The maximum Gasteiger partial charge on any atom is 0.250 e. The highest BCUT2D eigenvalue weighted by Crippen LogP contribution is 2.20. The molecular weight excluding hydrogens is 280 g/mol. The van der Waals surface area contributed by atoms with Crippen molar-refractivity contribution in [1.29, 1.82) is 0 Å². The molecule has 0 aliphatic carbocycles. The Kier molecular flexibility index (Phi) is 6.99. The van der Waals surface area contributed by atoms with E-state index in [2.05, 4.69) is 23.9 Å². The molecule has 1 rings (SSSR count). The third-order valence-corrected chi connectivity index (χ3v) is 5.88. The molecule has 0 aliphatic rings. The van der Waals surface area contributed by atoms with Gasteiger partial charge >= 0.3 is 0 Å². The Morgan fingerprint density at radius 3 is 2.74 bits per heavy atom. The van der Waals surface area contributed by atoms with Crippen molar-refractivity contribution in [2.24, 2.45) is 5.92 Å². The third kappa shape index (κ3) is 5.60. The first kappa shape index (κ1) is 16.6. The van der Waals surface area contributed by atoms with Crippen LogP contribution in [0.4, 0.5) is 0 Å². The van der Waals surface area contributed by atoms with Crippen LogP contribution in [-0.4, -0.2) is 21.5 Å². The van der Waals surface area contributed by atoms with Crippen LogP contribution in [0.2, 0.25) is 0 Å². The molecular formula is C13H24N2O2S2. The first-order chi connectivity index (χ1) is 8.99. The van der Waals surface area contributed by atoms with Crippen LogP contribution >= 0.6 is 11.3 Å². The summed E-state index contributed by atoms with van der Waals surface area (Å²) >= 11 is 1.28. The highest BCUT2D eigenvalue weighted by atomic mass is 32.2. The summed E-state index contributed by atoms with van der Waals surface area (Å²) in [6.45, 7) is 8.38. The molecule has 19 heavy (non-hydrogen) atoms. The standard InChI is InChI=1S/C13H24N2O2S2/c1-4-6-14-9-12-7-13(18-10-12)19(16,17)15-8-11(3)5-2/h7,10-11,14-15H,4-6,8-9H2,1-3H3. The molecule has 0 saturated carbocycles. The Morgan fingerprint density at radius 2 is 2.11 bits per heavy atom. The van der Waals surface area contributed by atoms with Crippen LogP contribution in [0.1, 0.15) is 39.2 Å². The van der Waals surface area contributed by atoms with E-state index in [-0.39, 0.29) is 0 Å². The summed E-state index contributed by atoms with van der Waals surface area (Å²) in [5.41, 5.74) is 1.03. The van der Waals surface area contributed by atoms with Crippen molar-refractivity contribution >= 4 is 21.4 Å². The summed E-state index contributed by atoms with van der Waals surface area (Å²) in [5.74, 6) is 0.362. The van der Waals surface area contributed by atoms with Crippen LogP contribution in [0.3, 0.4) is 0 Å². The minimum absolute atomic E-state index is 0.362. The summed E-state index contributed by atoms with van der Waals surface area (Å²) < 4.78 is 27.2. The van der Waals surface area contributed by atoms with Crippen molar-refractivity contribution in [3.05, 3.63) is 17.0 Å². The second kappa shape index (κ2) is 7.99. The lowest BCUT2D eigenvalue weighted by Gasteiger charge is -2.09. The summed E-state index contributed by atoms with van der Waals surface area (Å²) in [6, 6.07) is 1.76. The lowest BCUT2D eigenvalue weighted by atomic mass is 10.1. The lowest BCUT2D eigenvalue weighted by Crippen LogP contribution is -2.27. The van der Waals surface area contributed by atoms with Gasteiger partial charge in [0, 0.05) is 13.1 Å². The quantitative estimate of drug-likeness (QED) is 0.689. The zero-order valence-corrected chi connectivity index (χ0v) is 13.5. The average molecular weight is 304 g/mol. The van der Waals surface area contributed by atoms with Crippen molar-refractivity contribution in [3.8, 4) is 0 Å². The Bertz CT molecular complexity index is 469. The number of hydrogen-bond acceptors (Lipinski definition) is 4. The third-order valence-electron chi connectivity index (χ3n) is 2.97. The predicted molar refractivity (Wildman–Crippen MR) is 81.0 cm³/mol. The second-order valence-electron chi connectivity index (χ2n) is 4.82. The van der Waals surface area contributed by atoms with E-state index in [1.807, 2.05) is 12.3 Å². The van der Waals surface area contributed by atoms with E-state index in [0.29, 0.717) is 16.7 Å². The van der Waals surface area contributed by atoms with Gasteiger partial charge in [-0.05, 0) is 35.9 Å². The Labute approximate surface area is 120 Å². The van der Waals surface area contributed by atoms with E-state index in [1.54, 1.807) is 6.07 Å². The summed E-state index contributed by atoms with van der Waals surface area (Å²) in [5, 5.41) is 5.17. The van der Waals surface area contributed by atoms with Gasteiger partial charge in [0.2, 0.25) is 10.0 Å². The molecule has 0 spiro atoms. The minimum atomic E-state index is -3.33. The van der Waals surface area contributed by atoms with E-state index in [0.717, 1.165) is 31.5 Å². The van der Waals surface area contributed by atoms with Gasteiger partial charge in [-0.2, -0.15) is 0 Å². The normalized spacial score (nSPS) is 13.6. The number of nitrogens with one attached hydrogen (secondary N) is 2. The van der Waals surface area contributed by atoms with Crippen molar-refractivity contribution in [3.63, 3.8) is 0 Å². The fraction of sp³-hybridized carbons (Fsp3) is 0.692. The van der Waals surface area contributed by atoms with E-state index in [9.17, 15) is 8.42 Å². The average Bonchev–Trinajstić information content (AvgIpc) is 2.86. The zero-order chi connectivity index (χ0) is 14.3. The molecule has 1 aromatic rings. The van der Waals surface area contributed by atoms with Crippen LogP contribution < -0.4 is 10.0 Å². The molecule has 110 valence electrons. The number of hydrogen-bond donors (Lipinski definition) is 2. The Balaban J connectivity index is 2.58. The van der Waals surface area contributed by atoms with Crippen molar-refractivity contribution in [2.45, 2.75) is 44.4 Å². The van der Waals surface area contributed by atoms with Gasteiger partial charge in [-0.1, -0.05) is 27.2 Å². The molecule has 1 atom stereocenters. The van der Waals surface area contributed by atoms with Crippen molar-refractivity contribution in [2.75, 3.05) is 13.1 Å². The molecule has 1 unspecified atom stereocenters. The first-order valence-corrected chi connectivity index (χ1v) is 9.13. The van der Waals surface area contributed by atoms with E-state index < -0.39 is 10.0 Å². The highest BCUT2D eigenvalue weighted by Gasteiger charge is 2.17. The predicted octanol–water partition coefficient (Wildman–Crippen LogP) is 2.57. The van der Waals surface area contributed by atoms with Crippen molar-refractivity contribution in [1.82, 2.24) is 10.0 Å². The molecule has 1 aromatic heterocycles. The fourth-order valence-electron chi connectivity index (χ4n) is 1.46. The molecule has 0 radical (unpaired) electrons. The Morgan fingerprint density at radius 1 is 1.37 bits per heavy atom. The molecule has 2 N–H and O–H groups in total. The number of thiophene rings is 1. The van der Waals surface area contributed by atoms with Gasteiger partial charge in [-0.25, -0.2) is 13.1 Å². The van der Waals surface area contributed by atoms with E-state index in [4.69, 9.17) is 0 Å². The molecule has 1 heterocycles.